The minimum absolute atomic E-state index is 0. The van der Waals surface area contributed by atoms with Crippen molar-refractivity contribution in [2.75, 3.05) is 97.5 Å². The monoisotopic (exact) mass is 1850 g/mol. The van der Waals surface area contributed by atoms with Gasteiger partial charge in [0.05, 0.1) is 47.2 Å². The highest BCUT2D eigenvalue weighted by Crippen LogP contribution is 2.45. The van der Waals surface area contributed by atoms with Crippen LogP contribution in [0.2, 0.25) is 0 Å². The zero-order valence-corrected chi connectivity index (χ0v) is 75.8. The van der Waals surface area contributed by atoms with Crippen molar-refractivity contribution in [2.45, 2.75) is 257 Å². The molecule has 40 heteroatoms. The Hall–Kier alpha value is -6.22. The lowest BCUT2D eigenvalue weighted by Gasteiger charge is -2.19. The lowest BCUT2D eigenvalue weighted by atomic mass is 10.0. The Labute approximate surface area is 727 Å². The molecule has 708 valence electrons. The van der Waals surface area contributed by atoms with E-state index < -0.39 is 213 Å². The normalized spacial score (nSPS) is 26.6. The number of ether oxygens (including phenoxy) is 5. The van der Waals surface area contributed by atoms with Gasteiger partial charge in [0, 0.05) is 61.7 Å². The van der Waals surface area contributed by atoms with Gasteiger partial charge in [-0.1, -0.05) is 69.1 Å². The van der Waals surface area contributed by atoms with Crippen molar-refractivity contribution in [3.8, 4) is 0 Å². The van der Waals surface area contributed by atoms with Crippen LogP contribution >= 0.6 is 34.4 Å². The molecule has 20 atom stereocenters. The predicted octanol–water partition coefficient (Wildman–Crippen LogP) is 3.13. The lowest BCUT2D eigenvalue weighted by molar-refractivity contribution is -0.0404. The molecule has 0 amide bonds. The summed E-state index contributed by atoms with van der Waals surface area (Å²) in [4.78, 5) is 130. The molecule has 5 aliphatic rings. The molecule has 5 aromatic heterocycles. The molecular formula is C84H147N10O25P5. The first-order chi connectivity index (χ1) is 55.7. The highest BCUT2D eigenvalue weighted by Gasteiger charge is 2.49. The maximum atomic E-state index is 12.2. The minimum Gasteiger partial charge on any atom is -0.388 e. The Balaban J connectivity index is 0.000000521. The molecule has 5 fully saturated rings. The molecule has 10 rings (SSSR count). The third kappa shape index (κ3) is 31.9. The third-order valence-corrected chi connectivity index (χ3v) is 28.1. The molecule has 0 unspecified atom stereocenters. The molecule has 0 aliphatic carbocycles. The van der Waals surface area contributed by atoms with Gasteiger partial charge in [0.2, 0.25) is 0 Å². The standard InChI is InChI=1S/C17H27N2O5P.C16H27N2O5P.C16H25N2O5P.C16H27N2O5P.C15H25N2O5P.4CH4/c1-5-6-8-19-10-11(16(22)18-17(19)23)15-14(21)13(20)12(24-15)7-9-25(2,3)4;2*1-5-7-18-9-10(15(21)17-16(18)22)14-13(20)12(19)11(23-14)6-8-24(2,3)4;1-5-6-10-9-18(16(22)17-14(10)21)15-13(20)12(19)11(23-15)7-8-24(2,3)4;1-5-9-8-17(15(21)16-13(9)20)14-12(19)11(18)10(22-14)6-7-23(2,3)4;;;;/h5,10,12-15,20-21H,1-2,6-9H2,3-4H3,(H,18,22,23);9,11-14,19-20H,2,5-8H2,1,3-4H3,(H,17,21,22);5,9,11-14,19-20H,1-2,6-8H2,3-4H3,(H,17,21,22);9,11-13,15,19-20H,2,5-8H2,1,3-4H3,(H,17,21,22);8,10-12,14,18-19H,2,5-7H2,1,3-4H3,(H,16,20,21);4*1H4/t12-,13-,14-,15+;2*11-,12-,13-,14+;11-,12-,13-,15-;10-,11-,12-,14-;;;;/m11111..../s1. The maximum Gasteiger partial charge on any atom is 0.330 e. The van der Waals surface area contributed by atoms with Gasteiger partial charge in [-0.25, -0.2) is 24.0 Å². The molecule has 5 saturated heterocycles. The van der Waals surface area contributed by atoms with Crippen LogP contribution in [-0.4, -0.2) is 319 Å². The first-order valence-electron chi connectivity index (χ1n) is 40.1. The number of aliphatic hydroxyl groups is 10. The average Bonchev–Trinajstić information content (AvgIpc) is 1.65. The van der Waals surface area contributed by atoms with Crippen molar-refractivity contribution < 1.29 is 74.7 Å². The average molecular weight is 1850 g/mol. The van der Waals surface area contributed by atoms with Gasteiger partial charge >= 0.3 is 28.4 Å². The first kappa shape index (κ1) is 114. The van der Waals surface area contributed by atoms with Crippen LogP contribution < -0.4 is 56.2 Å². The Morgan fingerprint density at radius 1 is 0.347 bits per heavy atom. The molecule has 0 bridgehead atoms. The molecule has 35 nitrogen and oxygen atoms in total. The van der Waals surface area contributed by atoms with Gasteiger partial charge in [-0.3, -0.25) is 67.2 Å². The topological polar surface area (TPSA) is 523 Å². The Bertz CT molecular complexity index is 5080. The van der Waals surface area contributed by atoms with Crippen molar-refractivity contribution in [1.29, 1.82) is 0 Å². The zero-order valence-electron chi connectivity index (χ0n) is 71.3. The summed E-state index contributed by atoms with van der Waals surface area (Å²) in [5.74, 6) is 0. The number of rotatable bonds is 30. The molecule has 0 spiro atoms. The van der Waals surface area contributed by atoms with E-state index in [9.17, 15) is 99.0 Å². The lowest BCUT2D eigenvalue weighted by Crippen LogP contribution is -2.38. The van der Waals surface area contributed by atoms with E-state index in [1.807, 2.05) is 13.8 Å². The second-order valence-corrected chi connectivity index (χ2v) is 56.3. The van der Waals surface area contributed by atoms with Crippen LogP contribution in [0.25, 0.3) is 0 Å². The van der Waals surface area contributed by atoms with Crippen molar-refractivity contribution in [3.63, 3.8) is 0 Å². The number of aliphatic hydroxyl groups excluding tert-OH is 10. The molecule has 5 aromatic rings. The summed E-state index contributed by atoms with van der Waals surface area (Å²) in [5.41, 5.74) is -4.27. The summed E-state index contributed by atoms with van der Waals surface area (Å²) in [6, 6.07) is 0. The Kier molecular flexibility index (Phi) is 45.0. The van der Waals surface area contributed by atoms with E-state index in [-0.39, 0.29) is 52.9 Å². The highest BCUT2D eigenvalue weighted by atomic mass is 31.2. The Morgan fingerprint density at radius 3 is 0.911 bits per heavy atom. The number of nitrogens with zero attached hydrogens (tertiary/aromatic N) is 5. The summed E-state index contributed by atoms with van der Waals surface area (Å²) >= 11 is 0. The summed E-state index contributed by atoms with van der Waals surface area (Å²) in [6.45, 7) is 28.3. The number of hydrogen-bond acceptors (Lipinski definition) is 25. The molecule has 5 aliphatic heterocycles. The maximum absolute atomic E-state index is 12.2. The summed E-state index contributed by atoms with van der Waals surface area (Å²) in [5, 5.41) is 103. The van der Waals surface area contributed by atoms with Crippen molar-refractivity contribution in [3.05, 3.63) is 188 Å². The van der Waals surface area contributed by atoms with Crippen LogP contribution in [0.3, 0.4) is 0 Å². The van der Waals surface area contributed by atoms with Gasteiger partial charge in [-0.15, -0.1) is 79.1 Å². The number of hydrogen-bond donors (Lipinski definition) is 15. The largest absolute Gasteiger partial charge is 0.388 e. The summed E-state index contributed by atoms with van der Waals surface area (Å²) in [7, 11) is 0. The van der Waals surface area contributed by atoms with E-state index in [2.05, 4.69) is 136 Å². The Morgan fingerprint density at radius 2 is 0.621 bits per heavy atom. The first-order valence-corrected chi connectivity index (χ1v) is 55.3. The van der Waals surface area contributed by atoms with Gasteiger partial charge in [-0.05, 0) is 155 Å². The van der Waals surface area contributed by atoms with Gasteiger partial charge in [-0.2, -0.15) is 0 Å². The molecule has 10 heterocycles. The van der Waals surface area contributed by atoms with E-state index >= 15 is 0 Å². The van der Waals surface area contributed by atoms with E-state index in [0.29, 0.717) is 75.6 Å². The quantitative estimate of drug-likeness (QED) is 0.0232. The van der Waals surface area contributed by atoms with Crippen LogP contribution in [0, 0.1) is 0 Å². The van der Waals surface area contributed by atoms with Crippen LogP contribution in [0.5, 0.6) is 0 Å². The van der Waals surface area contributed by atoms with Crippen molar-refractivity contribution >= 4 is 65.9 Å². The van der Waals surface area contributed by atoms with E-state index in [1.165, 1.54) is 55.3 Å². The minimum atomic E-state index is -1.29. The number of aryl methyl sites for hydroxylation is 4. The van der Waals surface area contributed by atoms with E-state index in [4.69, 9.17) is 23.7 Å². The smallest absolute Gasteiger partial charge is 0.330 e. The van der Waals surface area contributed by atoms with Crippen molar-refractivity contribution in [1.82, 2.24) is 47.8 Å². The van der Waals surface area contributed by atoms with Gasteiger partial charge in [0.15, 0.2) is 12.5 Å². The fourth-order valence-corrected chi connectivity index (χ4v) is 18.7. The van der Waals surface area contributed by atoms with Gasteiger partial charge < -0.3 is 79.3 Å². The highest BCUT2D eigenvalue weighted by molar-refractivity contribution is 7.73. The second kappa shape index (κ2) is 49.0. The van der Waals surface area contributed by atoms with Gasteiger partial charge in [0.25, 0.3) is 27.8 Å². The number of H-pyrrole nitrogens is 5. The molecule has 15 N–H and O–H groups in total. The molecule has 0 radical (unpaired) electrons. The number of aromatic nitrogens is 10. The third-order valence-electron chi connectivity index (χ3n) is 20.8. The fraction of sp³-hybridized carbons (Fsp3) is 0.655. The number of allylic oxidation sites excluding steroid dienone is 2. The summed E-state index contributed by atoms with van der Waals surface area (Å²) in [6.07, 6.45) is 21.6. The van der Waals surface area contributed by atoms with E-state index in [1.54, 1.807) is 13.0 Å². The van der Waals surface area contributed by atoms with Crippen LogP contribution in [0.1, 0.15) is 160 Å². The second-order valence-electron chi connectivity index (χ2n) is 34.7. The molecule has 0 saturated carbocycles. The number of aromatic amines is 5. The van der Waals surface area contributed by atoms with Crippen LogP contribution in [0.15, 0.2) is 104 Å². The van der Waals surface area contributed by atoms with Crippen LogP contribution in [0.4, 0.5) is 0 Å². The van der Waals surface area contributed by atoms with E-state index in [0.717, 1.165) is 48.2 Å². The molecule has 0 aromatic carbocycles. The number of nitrogens with one attached hydrogen (secondary N) is 5. The van der Waals surface area contributed by atoms with Crippen molar-refractivity contribution in [2.24, 2.45) is 0 Å². The SMILES string of the molecule is C.C.C.C.C=CCCn1cc([C@@H]2O[C@H](CCP(=C)(C)C)[C@@H](O)[C@H]2O)c(=O)[nH]c1=O.C=CCn1cc([C@@H]2O[C@H](CCP(=C)(C)C)[C@@H](O)[C@H]2O)c(=O)[nH]c1=O.C=P(C)(C)CC[C@H]1O[C@@H](c2cn(CCC)c(=O)[nH]c2=O)[C@H](O)[C@@H]1O.C=P(C)(C)CC[C@H]1O[C@@H](n2cc(CC)c(=O)[nH]c2=O)[C@H](O)[C@@H]1O.C=P(C)(C)CC[C@H]1O[C@@H](n2cc(CCC)c(=O)[nH]c2=O)[C@H](O)[C@@H]1O. The summed E-state index contributed by atoms with van der Waals surface area (Å²) < 4.78 is 35.1. The predicted molar refractivity (Wildman–Crippen MR) is 510 cm³/mol. The molecular weight excluding hydrogens is 1700 g/mol. The molecule has 124 heavy (non-hydrogen) atoms. The fourth-order valence-electron chi connectivity index (χ4n) is 13.9. The van der Waals surface area contributed by atoms with Crippen LogP contribution in [-0.2, 0) is 56.2 Å². The zero-order chi connectivity index (χ0) is 90.3. The van der Waals surface area contributed by atoms with Gasteiger partial charge in [0.1, 0.15) is 79.4 Å².